The van der Waals surface area contributed by atoms with E-state index in [1.807, 2.05) is 52.0 Å². The minimum Gasteiger partial charge on any atom is -0.497 e. The van der Waals surface area contributed by atoms with Gasteiger partial charge in [-0.05, 0) is 52.0 Å². The Balaban J connectivity index is 1.84. The van der Waals surface area contributed by atoms with Gasteiger partial charge in [-0.3, -0.25) is 15.0 Å². The Labute approximate surface area is 155 Å². The molecule has 0 bridgehead atoms. The SMILES string of the molecule is COc1ccc(N2CCN([C@@H](C)C(=O)NC(=O)NC(C)(C)C)CC2)cc1. The van der Waals surface area contributed by atoms with Crippen molar-refractivity contribution >= 4 is 17.6 Å². The Bertz CT molecular complexity index is 617. The summed E-state index contributed by atoms with van der Waals surface area (Å²) in [5, 5.41) is 5.17. The molecule has 1 aromatic rings. The maximum atomic E-state index is 12.3. The third kappa shape index (κ3) is 5.62. The van der Waals surface area contributed by atoms with Crippen molar-refractivity contribution in [2.45, 2.75) is 39.3 Å². The Morgan fingerprint density at radius 1 is 1.08 bits per heavy atom. The molecular weight excluding hydrogens is 332 g/mol. The van der Waals surface area contributed by atoms with Gasteiger partial charge in [0.15, 0.2) is 0 Å². The number of carbonyl (C=O) groups is 2. The number of anilines is 1. The van der Waals surface area contributed by atoms with Crippen LogP contribution in [0.1, 0.15) is 27.7 Å². The highest BCUT2D eigenvalue weighted by Crippen LogP contribution is 2.21. The minimum absolute atomic E-state index is 0.273. The average molecular weight is 362 g/mol. The third-order valence-corrected chi connectivity index (χ3v) is 4.40. The van der Waals surface area contributed by atoms with Crippen molar-refractivity contribution in [1.82, 2.24) is 15.5 Å². The Morgan fingerprint density at radius 3 is 2.15 bits per heavy atom. The van der Waals surface area contributed by atoms with Gasteiger partial charge >= 0.3 is 6.03 Å². The van der Waals surface area contributed by atoms with Gasteiger partial charge in [-0.25, -0.2) is 4.79 Å². The summed E-state index contributed by atoms with van der Waals surface area (Å²) in [6.45, 7) is 10.7. The summed E-state index contributed by atoms with van der Waals surface area (Å²) in [5.74, 6) is 0.566. The van der Waals surface area contributed by atoms with Crippen LogP contribution in [0.4, 0.5) is 10.5 Å². The van der Waals surface area contributed by atoms with Crippen molar-refractivity contribution in [3.8, 4) is 5.75 Å². The van der Waals surface area contributed by atoms with Gasteiger partial charge in [-0.15, -0.1) is 0 Å². The van der Waals surface area contributed by atoms with Gasteiger partial charge in [-0.1, -0.05) is 0 Å². The molecular formula is C19H30N4O3. The number of hydrogen-bond donors (Lipinski definition) is 2. The van der Waals surface area contributed by atoms with Crippen LogP contribution in [-0.4, -0.2) is 61.7 Å². The van der Waals surface area contributed by atoms with E-state index >= 15 is 0 Å². The van der Waals surface area contributed by atoms with E-state index in [-0.39, 0.29) is 17.5 Å². The van der Waals surface area contributed by atoms with Gasteiger partial charge in [0.05, 0.1) is 13.2 Å². The number of benzene rings is 1. The molecule has 0 aliphatic carbocycles. The molecule has 1 saturated heterocycles. The van der Waals surface area contributed by atoms with Crippen molar-refractivity contribution in [3.63, 3.8) is 0 Å². The van der Waals surface area contributed by atoms with Crippen LogP contribution in [-0.2, 0) is 4.79 Å². The van der Waals surface area contributed by atoms with Crippen LogP contribution < -0.4 is 20.3 Å². The predicted molar refractivity (Wildman–Crippen MR) is 103 cm³/mol. The molecule has 26 heavy (non-hydrogen) atoms. The smallest absolute Gasteiger partial charge is 0.321 e. The van der Waals surface area contributed by atoms with E-state index in [1.165, 1.54) is 0 Å². The summed E-state index contributed by atoms with van der Waals surface area (Å²) in [6.07, 6.45) is 0. The summed E-state index contributed by atoms with van der Waals surface area (Å²) in [5.41, 5.74) is 0.768. The first-order valence-corrected chi connectivity index (χ1v) is 8.95. The van der Waals surface area contributed by atoms with Crippen molar-refractivity contribution in [3.05, 3.63) is 24.3 Å². The maximum absolute atomic E-state index is 12.3. The number of rotatable bonds is 4. The molecule has 1 fully saturated rings. The second-order valence-corrected chi connectivity index (χ2v) is 7.59. The Kier molecular flexibility index (Phi) is 6.47. The lowest BCUT2D eigenvalue weighted by molar-refractivity contribution is -0.124. The van der Waals surface area contributed by atoms with E-state index < -0.39 is 6.03 Å². The van der Waals surface area contributed by atoms with Crippen LogP contribution in [0.5, 0.6) is 5.75 Å². The molecule has 1 heterocycles. The van der Waals surface area contributed by atoms with Crippen LogP contribution in [0.3, 0.4) is 0 Å². The molecule has 0 radical (unpaired) electrons. The van der Waals surface area contributed by atoms with Crippen LogP contribution in [0.2, 0.25) is 0 Å². The normalized spacial score (nSPS) is 16.7. The number of methoxy groups -OCH3 is 1. The Hall–Kier alpha value is -2.28. The molecule has 2 N–H and O–H groups in total. The highest BCUT2D eigenvalue weighted by atomic mass is 16.5. The number of ether oxygens (including phenoxy) is 1. The highest BCUT2D eigenvalue weighted by Gasteiger charge is 2.27. The number of amides is 3. The first-order valence-electron chi connectivity index (χ1n) is 8.95. The lowest BCUT2D eigenvalue weighted by Gasteiger charge is -2.38. The van der Waals surface area contributed by atoms with Crippen molar-refractivity contribution in [2.75, 3.05) is 38.2 Å². The first kappa shape index (κ1) is 20.0. The molecule has 7 nitrogen and oxygen atoms in total. The quantitative estimate of drug-likeness (QED) is 0.855. The fraction of sp³-hybridized carbons (Fsp3) is 0.579. The van der Waals surface area contributed by atoms with E-state index in [2.05, 4.69) is 20.4 Å². The summed E-state index contributed by atoms with van der Waals surface area (Å²) in [4.78, 5) is 28.6. The summed E-state index contributed by atoms with van der Waals surface area (Å²) >= 11 is 0. The van der Waals surface area contributed by atoms with Crippen molar-refractivity contribution in [1.29, 1.82) is 0 Å². The summed E-state index contributed by atoms with van der Waals surface area (Å²) < 4.78 is 5.19. The topological polar surface area (TPSA) is 73.9 Å². The molecule has 2 rings (SSSR count). The number of carbonyl (C=O) groups excluding carboxylic acids is 2. The number of piperazine rings is 1. The molecule has 0 saturated carbocycles. The van der Waals surface area contributed by atoms with Crippen molar-refractivity contribution < 1.29 is 14.3 Å². The zero-order valence-corrected chi connectivity index (χ0v) is 16.3. The maximum Gasteiger partial charge on any atom is 0.321 e. The van der Waals surface area contributed by atoms with Crippen LogP contribution in [0, 0.1) is 0 Å². The number of nitrogens with zero attached hydrogens (tertiary/aromatic N) is 2. The van der Waals surface area contributed by atoms with Gasteiger partial charge in [0.25, 0.3) is 0 Å². The monoisotopic (exact) mass is 362 g/mol. The molecule has 1 atom stereocenters. The highest BCUT2D eigenvalue weighted by molar-refractivity contribution is 5.97. The zero-order chi connectivity index (χ0) is 19.3. The molecule has 0 spiro atoms. The molecule has 1 aliphatic heterocycles. The fourth-order valence-corrected chi connectivity index (χ4v) is 2.91. The number of nitrogens with one attached hydrogen (secondary N) is 2. The van der Waals surface area contributed by atoms with Crippen LogP contribution in [0.15, 0.2) is 24.3 Å². The summed E-state index contributed by atoms with van der Waals surface area (Å²) in [6, 6.07) is 7.19. The molecule has 1 aromatic carbocycles. The van der Waals surface area contributed by atoms with E-state index in [0.717, 1.165) is 37.6 Å². The fourth-order valence-electron chi connectivity index (χ4n) is 2.91. The largest absolute Gasteiger partial charge is 0.497 e. The molecule has 144 valence electrons. The molecule has 7 heteroatoms. The van der Waals surface area contributed by atoms with Gasteiger partial charge in [-0.2, -0.15) is 0 Å². The number of urea groups is 1. The molecule has 3 amide bonds. The lowest BCUT2D eigenvalue weighted by atomic mass is 10.1. The molecule has 0 unspecified atom stereocenters. The standard InChI is InChI=1S/C19H30N4O3/c1-14(17(24)20-18(25)21-19(2,3)4)22-10-12-23(13-11-22)15-6-8-16(26-5)9-7-15/h6-9,14H,10-13H2,1-5H3,(H2,20,21,24,25)/t14-/m0/s1. The van der Waals surface area contributed by atoms with Gasteiger partial charge in [0.1, 0.15) is 5.75 Å². The second kappa shape index (κ2) is 8.40. The van der Waals surface area contributed by atoms with E-state index in [4.69, 9.17) is 4.74 Å². The van der Waals surface area contributed by atoms with E-state index in [1.54, 1.807) is 7.11 Å². The molecule has 0 aromatic heterocycles. The minimum atomic E-state index is -0.453. The van der Waals surface area contributed by atoms with E-state index in [0.29, 0.717) is 0 Å². The van der Waals surface area contributed by atoms with Gasteiger partial charge in [0.2, 0.25) is 5.91 Å². The van der Waals surface area contributed by atoms with Crippen molar-refractivity contribution in [2.24, 2.45) is 0 Å². The lowest BCUT2D eigenvalue weighted by Crippen LogP contribution is -2.56. The predicted octanol–water partition coefficient (Wildman–Crippen LogP) is 1.83. The van der Waals surface area contributed by atoms with Crippen LogP contribution >= 0.6 is 0 Å². The Morgan fingerprint density at radius 2 is 1.65 bits per heavy atom. The average Bonchev–Trinajstić information content (AvgIpc) is 2.59. The first-order chi connectivity index (χ1) is 12.2. The van der Waals surface area contributed by atoms with Gasteiger partial charge in [0, 0.05) is 37.4 Å². The summed E-state index contributed by atoms with van der Waals surface area (Å²) in [7, 11) is 1.65. The zero-order valence-electron chi connectivity index (χ0n) is 16.3. The number of hydrogen-bond acceptors (Lipinski definition) is 5. The van der Waals surface area contributed by atoms with Gasteiger partial charge < -0.3 is 15.0 Å². The van der Waals surface area contributed by atoms with E-state index in [9.17, 15) is 9.59 Å². The second-order valence-electron chi connectivity index (χ2n) is 7.59. The van der Waals surface area contributed by atoms with Crippen LogP contribution in [0.25, 0.3) is 0 Å². The number of imide groups is 1. The molecule has 1 aliphatic rings. The third-order valence-electron chi connectivity index (χ3n) is 4.40.